The quantitative estimate of drug-likeness (QED) is 0.820. The number of carbonyl (C=O) groups excluding carboxylic acids is 1. The highest BCUT2D eigenvalue weighted by Gasteiger charge is 2.29. The number of likely N-dealkylation sites (tertiary alicyclic amines) is 1. The van der Waals surface area contributed by atoms with Crippen molar-refractivity contribution in [2.45, 2.75) is 45.1 Å². The summed E-state index contributed by atoms with van der Waals surface area (Å²) in [6.07, 6.45) is 6.62. The molecule has 4 nitrogen and oxygen atoms in total. The fraction of sp³-hybridized carbons (Fsp3) is 0.440. The summed E-state index contributed by atoms with van der Waals surface area (Å²) in [5.41, 5.74) is 4.45. The predicted molar refractivity (Wildman–Crippen MR) is 116 cm³/mol. The van der Waals surface area contributed by atoms with Gasteiger partial charge in [0.15, 0.2) is 0 Å². The second-order valence-corrected chi connectivity index (χ2v) is 8.52. The molecule has 1 aliphatic heterocycles. The summed E-state index contributed by atoms with van der Waals surface area (Å²) < 4.78 is 0. The van der Waals surface area contributed by atoms with E-state index >= 15 is 0 Å². The first-order valence-corrected chi connectivity index (χ1v) is 10.8. The molecule has 2 aromatic rings. The van der Waals surface area contributed by atoms with Crippen molar-refractivity contribution < 1.29 is 4.79 Å². The molecule has 1 saturated carbocycles. The van der Waals surface area contributed by atoms with Gasteiger partial charge in [-0.3, -0.25) is 4.79 Å². The van der Waals surface area contributed by atoms with E-state index in [0.29, 0.717) is 17.0 Å². The van der Waals surface area contributed by atoms with Gasteiger partial charge in [0.05, 0.1) is 11.6 Å². The Hall–Kier alpha value is -2.64. The summed E-state index contributed by atoms with van der Waals surface area (Å²) in [6.45, 7) is 5.05. The molecule has 1 aliphatic carbocycles. The normalized spacial score (nSPS) is 19.9. The maximum absolute atomic E-state index is 12.7. The van der Waals surface area contributed by atoms with Gasteiger partial charge in [-0.25, -0.2) is 0 Å². The lowest BCUT2D eigenvalue weighted by atomic mass is 9.97. The third-order valence-electron chi connectivity index (χ3n) is 6.50. The van der Waals surface area contributed by atoms with E-state index in [4.69, 9.17) is 5.26 Å². The highest BCUT2D eigenvalue weighted by molar-refractivity contribution is 5.95. The molecule has 4 rings (SSSR count). The van der Waals surface area contributed by atoms with Crippen molar-refractivity contribution in [2.75, 3.05) is 19.6 Å². The molecular weight excluding hydrogens is 358 g/mol. The lowest BCUT2D eigenvalue weighted by Crippen LogP contribution is -2.34. The number of benzene rings is 2. The molecule has 0 aromatic heterocycles. The van der Waals surface area contributed by atoms with Gasteiger partial charge in [0.1, 0.15) is 0 Å². The van der Waals surface area contributed by atoms with Crippen molar-refractivity contribution >= 4 is 5.91 Å². The first kappa shape index (κ1) is 19.7. The number of aryl methyl sites for hydroxylation is 1. The SMILES string of the molecule is Cc1cc(C#N)ccc1-c1cccc(C(=O)NC[C@H]2CCN(C3CCCC3)C2)c1. The molecular formula is C25H29N3O. The van der Waals surface area contributed by atoms with Crippen LogP contribution in [-0.2, 0) is 0 Å². The highest BCUT2D eigenvalue weighted by atomic mass is 16.1. The van der Waals surface area contributed by atoms with Gasteiger partial charge in [0, 0.05) is 24.7 Å². The van der Waals surface area contributed by atoms with Crippen LogP contribution in [0.15, 0.2) is 42.5 Å². The van der Waals surface area contributed by atoms with Crippen LogP contribution in [0.1, 0.15) is 53.6 Å². The molecule has 0 spiro atoms. The molecule has 150 valence electrons. The van der Waals surface area contributed by atoms with E-state index in [1.54, 1.807) is 0 Å². The lowest BCUT2D eigenvalue weighted by Gasteiger charge is -2.23. The highest BCUT2D eigenvalue weighted by Crippen LogP contribution is 2.28. The average Bonchev–Trinajstić information content (AvgIpc) is 3.43. The Bertz CT molecular complexity index is 924. The third kappa shape index (κ3) is 4.52. The van der Waals surface area contributed by atoms with Crippen LogP contribution >= 0.6 is 0 Å². The molecule has 2 aromatic carbocycles. The van der Waals surface area contributed by atoms with E-state index in [-0.39, 0.29) is 5.91 Å². The van der Waals surface area contributed by atoms with Crippen molar-refractivity contribution in [3.8, 4) is 17.2 Å². The van der Waals surface area contributed by atoms with Gasteiger partial charge in [0.25, 0.3) is 5.91 Å². The Morgan fingerprint density at radius 1 is 1.17 bits per heavy atom. The molecule has 0 radical (unpaired) electrons. The number of nitrogens with zero attached hydrogens (tertiary/aromatic N) is 2. The standard InChI is InChI=1S/C25H29N3O/c1-18-13-19(15-26)9-10-24(18)21-5-4-6-22(14-21)25(29)27-16-20-11-12-28(17-20)23-7-2-3-8-23/h4-6,9-10,13-14,20,23H,2-3,7-8,11-12,16-17H2,1H3,(H,27,29)/t20-/m1/s1. The molecule has 1 atom stereocenters. The minimum atomic E-state index is -0.00235. The number of hydrogen-bond acceptors (Lipinski definition) is 3. The van der Waals surface area contributed by atoms with Crippen molar-refractivity contribution in [3.05, 3.63) is 59.2 Å². The average molecular weight is 388 g/mol. The number of nitrogens with one attached hydrogen (secondary N) is 1. The van der Waals surface area contributed by atoms with Crippen molar-refractivity contribution in [2.24, 2.45) is 5.92 Å². The van der Waals surface area contributed by atoms with E-state index in [0.717, 1.165) is 35.8 Å². The lowest BCUT2D eigenvalue weighted by molar-refractivity contribution is 0.0947. The van der Waals surface area contributed by atoms with E-state index in [2.05, 4.69) is 16.3 Å². The van der Waals surface area contributed by atoms with Crippen LogP contribution in [0, 0.1) is 24.2 Å². The molecule has 0 bridgehead atoms. The minimum Gasteiger partial charge on any atom is -0.352 e. The minimum absolute atomic E-state index is 0.00235. The molecule has 1 N–H and O–H groups in total. The Balaban J connectivity index is 1.37. The number of hydrogen-bond donors (Lipinski definition) is 1. The van der Waals surface area contributed by atoms with Crippen LogP contribution in [0.2, 0.25) is 0 Å². The molecule has 29 heavy (non-hydrogen) atoms. The van der Waals surface area contributed by atoms with Crippen LogP contribution in [-0.4, -0.2) is 36.5 Å². The molecule has 1 heterocycles. The Labute approximate surface area is 173 Å². The van der Waals surface area contributed by atoms with Gasteiger partial charge in [0.2, 0.25) is 0 Å². The van der Waals surface area contributed by atoms with Crippen LogP contribution < -0.4 is 5.32 Å². The van der Waals surface area contributed by atoms with E-state index in [1.807, 2.05) is 49.4 Å². The topological polar surface area (TPSA) is 56.1 Å². The summed E-state index contributed by atoms with van der Waals surface area (Å²) >= 11 is 0. The summed E-state index contributed by atoms with van der Waals surface area (Å²) in [4.78, 5) is 15.4. The largest absolute Gasteiger partial charge is 0.352 e. The van der Waals surface area contributed by atoms with E-state index < -0.39 is 0 Å². The summed E-state index contributed by atoms with van der Waals surface area (Å²) in [7, 11) is 0. The summed E-state index contributed by atoms with van der Waals surface area (Å²) in [6, 6.07) is 16.4. The first-order chi connectivity index (χ1) is 14.1. The molecule has 2 aliphatic rings. The van der Waals surface area contributed by atoms with Gasteiger partial charge in [-0.2, -0.15) is 5.26 Å². The summed E-state index contributed by atoms with van der Waals surface area (Å²) in [5.74, 6) is 0.556. The molecule has 0 unspecified atom stereocenters. The number of nitriles is 1. The third-order valence-corrected chi connectivity index (χ3v) is 6.50. The molecule has 4 heteroatoms. The fourth-order valence-corrected chi connectivity index (χ4v) is 4.85. The maximum atomic E-state index is 12.7. The van der Waals surface area contributed by atoms with E-state index in [1.165, 1.54) is 38.6 Å². The van der Waals surface area contributed by atoms with Crippen molar-refractivity contribution in [1.29, 1.82) is 5.26 Å². The Kier molecular flexibility index (Phi) is 5.97. The monoisotopic (exact) mass is 387 g/mol. The van der Waals surface area contributed by atoms with Crippen LogP contribution in [0.5, 0.6) is 0 Å². The van der Waals surface area contributed by atoms with Gasteiger partial charge < -0.3 is 10.2 Å². The first-order valence-electron chi connectivity index (χ1n) is 10.8. The molecule has 2 fully saturated rings. The predicted octanol–water partition coefficient (Wildman–Crippen LogP) is 4.53. The van der Waals surface area contributed by atoms with Crippen LogP contribution in [0.3, 0.4) is 0 Å². The zero-order chi connectivity index (χ0) is 20.2. The van der Waals surface area contributed by atoms with Gasteiger partial charge in [-0.1, -0.05) is 31.0 Å². The van der Waals surface area contributed by atoms with Gasteiger partial charge in [-0.05, 0) is 79.6 Å². The molecule has 1 saturated heterocycles. The molecule has 1 amide bonds. The zero-order valence-electron chi connectivity index (χ0n) is 17.2. The second-order valence-electron chi connectivity index (χ2n) is 8.52. The number of rotatable bonds is 5. The summed E-state index contributed by atoms with van der Waals surface area (Å²) in [5, 5.41) is 12.2. The Morgan fingerprint density at radius 3 is 2.76 bits per heavy atom. The maximum Gasteiger partial charge on any atom is 0.251 e. The van der Waals surface area contributed by atoms with Gasteiger partial charge >= 0.3 is 0 Å². The van der Waals surface area contributed by atoms with Crippen LogP contribution in [0.25, 0.3) is 11.1 Å². The van der Waals surface area contributed by atoms with Gasteiger partial charge in [-0.15, -0.1) is 0 Å². The fourth-order valence-electron chi connectivity index (χ4n) is 4.85. The van der Waals surface area contributed by atoms with Crippen molar-refractivity contribution in [3.63, 3.8) is 0 Å². The number of carbonyl (C=O) groups is 1. The Morgan fingerprint density at radius 2 is 2.00 bits per heavy atom. The van der Waals surface area contributed by atoms with E-state index in [9.17, 15) is 4.79 Å². The second kappa shape index (κ2) is 8.80. The smallest absolute Gasteiger partial charge is 0.251 e. The van der Waals surface area contributed by atoms with Crippen LogP contribution in [0.4, 0.5) is 0 Å². The van der Waals surface area contributed by atoms with Crippen molar-refractivity contribution in [1.82, 2.24) is 10.2 Å². The number of amides is 1. The zero-order valence-corrected chi connectivity index (χ0v) is 17.2.